The summed E-state index contributed by atoms with van der Waals surface area (Å²) in [5.74, 6) is -0.248. The van der Waals surface area contributed by atoms with E-state index < -0.39 is 15.4 Å². The smallest absolute Gasteiger partial charge is 0.242 e. The van der Waals surface area contributed by atoms with Crippen LogP contribution in [0.4, 0.5) is 0 Å². The minimum Gasteiger partial charge on any atom is -0.359 e. The number of nitrogens with one attached hydrogen (secondary N) is 2. The lowest BCUT2D eigenvalue weighted by molar-refractivity contribution is -0.128. The Morgan fingerprint density at radius 2 is 2.00 bits per heavy atom. The van der Waals surface area contributed by atoms with Crippen molar-refractivity contribution in [2.75, 3.05) is 13.6 Å². The lowest BCUT2D eigenvalue weighted by atomic mass is 9.93. The summed E-state index contributed by atoms with van der Waals surface area (Å²) < 4.78 is 27.4. The summed E-state index contributed by atoms with van der Waals surface area (Å²) in [4.78, 5) is 11.6. The first-order valence-electron chi connectivity index (χ1n) is 5.77. The van der Waals surface area contributed by atoms with E-state index in [-0.39, 0.29) is 22.4 Å². The molecule has 5 nitrogen and oxygen atoms in total. The second kappa shape index (κ2) is 6.43. The highest BCUT2D eigenvalue weighted by molar-refractivity contribution is 9.10. The fourth-order valence-corrected chi connectivity index (χ4v) is 3.71. The Morgan fingerprint density at radius 1 is 1.40 bits per heavy atom. The zero-order valence-electron chi connectivity index (χ0n) is 11.3. The van der Waals surface area contributed by atoms with Crippen LogP contribution >= 0.6 is 27.5 Å². The van der Waals surface area contributed by atoms with Crippen LogP contribution in [0.15, 0.2) is 27.6 Å². The van der Waals surface area contributed by atoms with Crippen LogP contribution in [0.2, 0.25) is 5.02 Å². The number of hydrogen-bond donors (Lipinski definition) is 2. The van der Waals surface area contributed by atoms with Gasteiger partial charge in [-0.2, -0.15) is 0 Å². The van der Waals surface area contributed by atoms with Crippen molar-refractivity contribution in [2.45, 2.75) is 18.7 Å². The summed E-state index contributed by atoms with van der Waals surface area (Å²) in [6.07, 6.45) is 0. The van der Waals surface area contributed by atoms with Gasteiger partial charge in [0, 0.05) is 18.1 Å². The van der Waals surface area contributed by atoms with Gasteiger partial charge in [-0.15, -0.1) is 0 Å². The van der Waals surface area contributed by atoms with Gasteiger partial charge in [0.05, 0.1) is 10.4 Å². The fourth-order valence-electron chi connectivity index (χ4n) is 1.46. The van der Waals surface area contributed by atoms with Gasteiger partial charge in [-0.05, 0) is 32.0 Å². The summed E-state index contributed by atoms with van der Waals surface area (Å²) in [5.41, 5.74) is -0.857. The van der Waals surface area contributed by atoms with Crippen LogP contribution in [0.1, 0.15) is 13.8 Å². The van der Waals surface area contributed by atoms with E-state index in [0.29, 0.717) is 4.47 Å². The van der Waals surface area contributed by atoms with E-state index in [2.05, 4.69) is 26.0 Å². The van der Waals surface area contributed by atoms with Crippen molar-refractivity contribution < 1.29 is 13.2 Å². The van der Waals surface area contributed by atoms with Gasteiger partial charge in [0.25, 0.3) is 0 Å². The molecule has 0 aliphatic rings. The molecule has 0 aliphatic heterocycles. The molecule has 20 heavy (non-hydrogen) atoms. The van der Waals surface area contributed by atoms with Crippen LogP contribution in [0.5, 0.6) is 0 Å². The topological polar surface area (TPSA) is 75.3 Å². The highest BCUT2D eigenvalue weighted by atomic mass is 79.9. The first kappa shape index (κ1) is 17.4. The number of sulfonamides is 1. The fraction of sp³-hybridized carbons (Fsp3) is 0.417. The standard InChI is InChI=1S/C12H16BrClN2O3S/c1-12(2,11(17)15-3)7-16-20(18,19)10-5-4-8(13)6-9(10)14/h4-6,16H,7H2,1-3H3,(H,15,17). The molecule has 8 heteroatoms. The third-order valence-corrected chi connectivity index (χ3v) is 5.11. The maximum atomic E-state index is 12.2. The molecular formula is C12H16BrClN2O3S. The molecule has 0 spiro atoms. The summed E-state index contributed by atoms with van der Waals surface area (Å²) in [6.45, 7) is 3.27. The second-order valence-corrected chi connectivity index (χ2v) is 7.92. The van der Waals surface area contributed by atoms with E-state index >= 15 is 0 Å². The third-order valence-electron chi connectivity index (χ3n) is 2.73. The van der Waals surface area contributed by atoms with Crippen molar-refractivity contribution in [3.05, 3.63) is 27.7 Å². The molecule has 0 unspecified atom stereocenters. The monoisotopic (exact) mass is 382 g/mol. The average Bonchev–Trinajstić information content (AvgIpc) is 2.35. The quantitative estimate of drug-likeness (QED) is 0.818. The summed E-state index contributed by atoms with van der Waals surface area (Å²) in [7, 11) is -2.26. The number of carbonyl (C=O) groups is 1. The number of hydrogen-bond acceptors (Lipinski definition) is 3. The number of amides is 1. The molecule has 0 aliphatic carbocycles. The molecule has 1 aromatic carbocycles. The van der Waals surface area contributed by atoms with Crippen molar-refractivity contribution in [3.8, 4) is 0 Å². The largest absolute Gasteiger partial charge is 0.359 e. The maximum absolute atomic E-state index is 12.2. The highest BCUT2D eigenvalue weighted by Crippen LogP contribution is 2.25. The minimum atomic E-state index is -3.77. The number of halogens is 2. The van der Waals surface area contributed by atoms with Crippen molar-refractivity contribution in [3.63, 3.8) is 0 Å². The molecular weight excluding hydrogens is 368 g/mol. The zero-order chi connectivity index (χ0) is 15.6. The molecule has 0 fully saturated rings. The van der Waals surface area contributed by atoms with E-state index in [4.69, 9.17) is 11.6 Å². The van der Waals surface area contributed by atoms with Crippen molar-refractivity contribution >= 4 is 43.5 Å². The molecule has 0 saturated carbocycles. The van der Waals surface area contributed by atoms with Gasteiger partial charge in [-0.1, -0.05) is 27.5 Å². The van der Waals surface area contributed by atoms with E-state index in [1.54, 1.807) is 19.9 Å². The summed E-state index contributed by atoms with van der Waals surface area (Å²) in [6, 6.07) is 4.49. The highest BCUT2D eigenvalue weighted by Gasteiger charge is 2.29. The Balaban J connectivity index is 2.94. The minimum absolute atomic E-state index is 0.0185. The number of carbonyl (C=O) groups excluding carboxylic acids is 1. The molecule has 1 aromatic rings. The summed E-state index contributed by atoms with van der Waals surface area (Å²) in [5, 5.41) is 2.61. The second-order valence-electron chi connectivity index (χ2n) is 4.86. The molecule has 1 amide bonds. The van der Waals surface area contributed by atoms with Crippen LogP contribution in [-0.4, -0.2) is 27.9 Å². The Bertz CT molecular complexity index is 617. The van der Waals surface area contributed by atoms with Crippen molar-refractivity contribution in [1.29, 1.82) is 0 Å². The number of rotatable bonds is 5. The van der Waals surface area contributed by atoms with Crippen LogP contribution in [0.3, 0.4) is 0 Å². The SMILES string of the molecule is CNC(=O)C(C)(C)CNS(=O)(=O)c1ccc(Br)cc1Cl. The van der Waals surface area contributed by atoms with Gasteiger partial charge in [-0.3, -0.25) is 4.79 Å². The molecule has 1 rings (SSSR count). The predicted molar refractivity (Wildman–Crippen MR) is 82.2 cm³/mol. The third kappa shape index (κ3) is 4.18. The Labute approximate surface area is 132 Å². The van der Waals surface area contributed by atoms with Gasteiger partial charge in [0.2, 0.25) is 15.9 Å². The lowest BCUT2D eigenvalue weighted by Crippen LogP contribution is -2.43. The van der Waals surface area contributed by atoms with Gasteiger partial charge in [-0.25, -0.2) is 13.1 Å². The van der Waals surface area contributed by atoms with Gasteiger partial charge in [0.15, 0.2) is 0 Å². The molecule has 0 saturated heterocycles. The molecule has 0 atom stereocenters. The van der Waals surface area contributed by atoms with E-state index in [0.717, 1.165) is 0 Å². The molecule has 0 heterocycles. The lowest BCUT2D eigenvalue weighted by Gasteiger charge is -2.22. The van der Waals surface area contributed by atoms with Crippen LogP contribution in [0.25, 0.3) is 0 Å². The molecule has 2 N–H and O–H groups in total. The number of benzene rings is 1. The van der Waals surface area contributed by atoms with E-state index in [9.17, 15) is 13.2 Å². The van der Waals surface area contributed by atoms with E-state index in [1.165, 1.54) is 19.2 Å². The summed E-state index contributed by atoms with van der Waals surface area (Å²) >= 11 is 9.13. The normalized spacial score (nSPS) is 12.2. The molecule has 0 aromatic heterocycles. The van der Waals surface area contributed by atoms with Crippen LogP contribution in [0, 0.1) is 5.41 Å². The van der Waals surface area contributed by atoms with Crippen LogP contribution < -0.4 is 10.0 Å². The van der Waals surface area contributed by atoms with Gasteiger partial charge < -0.3 is 5.32 Å². The maximum Gasteiger partial charge on any atom is 0.242 e. The van der Waals surface area contributed by atoms with Crippen LogP contribution in [-0.2, 0) is 14.8 Å². The Morgan fingerprint density at radius 3 is 2.50 bits per heavy atom. The first-order chi connectivity index (χ1) is 9.10. The first-order valence-corrected chi connectivity index (χ1v) is 8.42. The van der Waals surface area contributed by atoms with Crippen molar-refractivity contribution in [1.82, 2.24) is 10.0 Å². The molecule has 0 bridgehead atoms. The van der Waals surface area contributed by atoms with Crippen molar-refractivity contribution in [2.24, 2.45) is 5.41 Å². The van der Waals surface area contributed by atoms with Gasteiger partial charge >= 0.3 is 0 Å². The van der Waals surface area contributed by atoms with Gasteiger partial charge in [0.1, 0.15) is 4.90 Å². The Hall–Kier alpha value is -0.630. The van der Waals surface area contributed by atoms with E-state index in [1.807, 2.05) is 0 Å². The predicted octanol–water partition coefficient (Wildman–Crippen LogP) is 2.15. The molecule has 0 radical (unpaired) electrons. The Kier molecular flexibility index (Phi) is 5.60. The average molecular weight is 384 g/mol. The zero-order valence-corrected chi connectivity index (χ0v) is 14.5. The molecule has 112 valence electrons.